The molecule has 14 atom stereocenters. The highest BCUT2D eigenvalue weighted by Crippen LogP contribution is 2.45. The first-order valence-electron chi connectivity index (χ1n) is 37.8. The van der Waals surface area contributed by atoms with E-state index in [4.69, 9.17) is 69.7 Å². The number of aliphatic hydroxyl groups is 2. The minimum atomic E-state index is -6.13. The van der Waals surface area contributed by atoms with Crippen molar-refractivity contribution in [1.82, 2.24) is 0 Å². The standard InChI is InChI=1S/C33H47NO8.C18H22F3NO8S.C17H28O2.C16H26O3/c1-12-34(30(37)42-31(5,6)7)24-18-23(27-26(19-24)39-33(10,11)41-29(27)36)14-13-15-25-28(40-32(8,9)38-25)21(3)17-16-20(2)22(4)35;1-7-22(15(24)29-16(2,3)4)10-8-11-13(14(23)28-17(5,6)27-11)12(9-10)30-31(25,26)18(19,20)21;1-8-9-15-16(19-17(6,7)18-15)14(5)11-10-13(4)12(2)3;1-7-8-14-15(19-16(5,6)18-14)12(3)10-9-11(2)13(4)17/h16-22,25,28,35H,12,15H2,1-11H3;8-9H,7H2,1-6H3;1,10-16H,9H2,2-7H3;1,9-15,17H,8H2,2-6H3/b17-16-;;11-10-;10-9-/t20-,21-,22+,25+,28-;;13-,14-,15+,16-;11-,12-,13+,14+,15-/m1.11/s1. The maximum absolute atomic E-state index is 13.1. The smallest absolute Gasteiger partial charge is 0.452 e. The zero-order valence-electron chi connectivity index (χ0n) is 70.2. The van der Waals surface area contributed by atoms with Gasteiger partial charge in [-0.3, -0.25) is 9.80 Å². The number of amides is 2. The van der Waals surface area contributed by atoms with E-state index >= 15 is 0 Å². The maximum atomic E-state index is 13.1. The van der Waals surface area contributed by atoms with Crippen LogP contribution in [0.15, 0.2) is 60.7 Å². The largest absolute Gasteiger partial charge is 0.534 e. The lowest BCUT2D eigenvalue weighted by Crippen LogP contribution is -2.40. The Kier molecular flexibility index (Phi) is 33.4. The van der Waals surface area contributed by atoms with Crippen molar-refractivity contribution in [1.29, 1.82) is 0 Å². The normalized spacial score (nSPS) is 23.6. The van der Waals surface area contributed by atoms with Crippen molar-refractivity contribution in [2.45, 2.75) is 308 Å². The van der Waals surface area contributed by atoms with Gasteiger partial charge >= 0.3 is 39.8 Å². The average molecular weight is 1590 g/mol. The summed E-state index contributed by atoms with van der Waals surface area (Å²) in [5.74, 6) is 6.15. The van der Waals surface area contributed by atoms with Gasteiger partial charge in [-0.05, 0) is 141 Å². The molecular weight excluding hydrogens is 1460 g/mol. The van der Waals surface area contributed by atoms with Gasteiger partial charge in [-0.25, -0.2) is 19.2 Å². The number of esters is 2. The lowest BCUT2D eigenvalue weighted by molar-refractivity contribution is -0.148. The van der Waals surface area contributed by atoms with Crippen LogP contribution in [-0.4, -0.2) is 150 Å². The van der Waals surface area contributed by atoms with Crippen LogP contribution in [0.4, 0.5) is 34.1 Å². The van der Waals surface area contributed by atoms with Gasteiger partial charge in [0.25, 0.3) is 0 Å². The minimum Gasteiger partial charge on any atom is -0.452 e. The Morgan fingerprint density at radius 1 is 0.523 bits per heavy atom. The van der Waals surface area contributed by atoms with Crippen molar-refractivity contribution in [3.05, 3.63) is 77.4 Å². The number of halogens is 3. The number of hydrogen-bond donors (Lipinski definition) is 2. The van der Waals surface area contributed by atoms with Crippen LogP contribution in [0.25, 0.3) is 0 Å². The van der Waals surface area contributed by atoms with Gasteiger partial charge < -0.3 is 71.2 Å². The minimum absolute atomic E-state index is 0.00555. The molecule has 2 amide bonds. The molecule has 2 aromatic carbocycles. The van der Waals surface area contributed by atoms with Gasteiger partial charge in [0.2, 0.25) is 11.6 Å². The monoisotopic (exact) mass is 1580 g/mol. The van der Waals surface area contributed by atoms with Gasteiger partial charge in [-0.15, -0.1) is 24.7 Å². The van der Waals surface area contributed by atoms with E-state index in [0.29, 0.717) is 54.8 Å². The Labute approximate surface area is 657 Å². The molecule has 0 saturated carbocycles. The first kappa shape index (κ1) is 96.0. The number of fused-ring (bicyclic) bond motifs is 2. The van der Waals surface area contributed by atoms with Gasteiger partial charge in [-0.1, -0.05) is 104 Å². The molecule has 3 saturated heterocycles. The molecule has 7 rings (SSSR count). The van der Waals surface area contributed by atoms with Crippen molar-refractivity contribution in [2.24, 2.45) is 41.4 Å². The summed E-state index contributed by atoms with van der Waals surface area (Å²) in [6.45, 7) is 51.9. The van der Waals surface area contributed by atoms with Crippen molar-refractivity contribution < 1.29 is 112 Å². The zero-order chi connectivity index (χ0) is 84.9. The third kappa shape index (κ3) is 28.9. The Bertz CT molecular complexity index is 3800. The summed E-state index contributed by atoms with van der Waals surface area (Å²) in [6, 6.07) is 5.29. The second-order valence-electron chi connectivity index (χ2n) is 33.2. The molecule has 5 aliphatic rings. The van der Waals surface area contributed by atoms with E-state index in [2.05, 4.69) is 80.7 Å². The second kappa shape index (κ2) is 38.6. The zero-order valence-corrected chi connectivity index (χ0v) is 71.0. The number of anilines is 2. The van der Waals surface area contributed by atoms with Crippen LogP contribution >= 0.6 is 0 Å². The summed E-state index contributed by atoms with van der Waals surface area (Å²) in [7, 11) is -6.13. The summed E-state index contributed by atoms with van der Waals surface area (Å²) in [4.78, 5) is 53.5. The van der Waals surface area contributed by atoms with Crippen LogP contribution in [-0.2, 0) is 57.5 Å². The summed E-state index contributed by atoms with van der Waals surface area (Å²) < 4.78 is 135. The molecule has 0 bridgehead atoms. The van der Waals surface area contributed by atoms with E-state index in [1.54, 1.807) is 88.3 Å². The maximum Gasteiger partial charge on any atom is 0.534 e. The molecule has 23 nitrogen and oxygen atoms in total. The number of benzene rings is 2. The van der Waals surface area contributed by atoms with Crippen LogP contribution in [0, 0.1) is 78.0 Å². The molecule has 2 aromatic rings. The van der Waals surface area contributed by atoms with Gasteiger partial charge in [-0.2, -0.15) is 21.6 Å². The number of carbonyl (C=O) groups is 4. The van der Waals surface area contributed by atoms with E-state index < -0.39 is 97.3 Å². The SMILES string of the molecule is C#CC[C@@H]1OC(C)(C)O[C@@H]1[C@H](C)/C=C\[C@@H](C)C(C)C.C#CC[C@@H]1OC(C)(C)O[C@@H]1[C@H](C)/C=C\[C@@H](C)[C@H](C)O.CCN(C(=O)OC(C)(C)C)c1cc(C#CC[C@@H]2OC(C)(C)O[C@@H]2[C@H](C)/C=C\[C@@H](C)[C@H](C)O)c2c(c1)OC(C)(C)OC2=O.CCN(C(=O)OC(C)(C)C)c1cc2c(c(OS(=O)(=O)C(F)(F)F)c1)C(=O)OC(C)(C)O2. The first-order valence-corrected chi connectivity index (χ1v) is 39.2. The highest BCUT2D eigenvalue weighted by molar-refractivity contribution is 7.88. The second-order valence-corrected chi connectivity index (χ2v) is 34.7. The third-order valence-corrected chi connectivity index (χ3v) is 19.0. The molecule has 3 fully saturated rings. The fourth-order valence-corrected chi connectivity index (χ4v) is 12.2. The molecule has 0 aromatic heterocycles. The van der Waals surface area contributed by atoms with Crippen molar-refractivity contribution in [3.63, 3.8) is 0 Å². The number of cyclic esters (lactones) is 2. The molecule has 0 unspecified atom stereocenters. The highest BCUT2D eigenvalue weighted by Gasteiger charge is 2.51. The highest BCUT2D eigenvalue weighted by atomic mass is 32.2. The van der Waals surface area contributed by atoms with E-state index in [0.717, 1.165) is 11.0 Å². The quantitative estimate of drug-likeness (QED) is 0.0293. The average Bonchev–Trinajstić information content (AvgIpc) is 1.68. The number of aliphatic hydroxyl groups excluding tert-OH is 2. The fraction of sp³-hybridized carbons (Fsp3) is 0.667. The fourth-order valence-electron chi connectivity index (χ4n) is 11.8. The Balaban J connectivity index is 0.000000331. The van der Waals surface area contributed by atoms with Crippen molar-refractivity contribution in [3.8, 4) is 53.8 Å². The van der Waals surface area contributed by atoms with Crippen LogP contribution in [0.2, 0.25) is 0 Å². The summed E-state index contributed by atoms with van der Waals surface area (Å²) in [5, 5.41) is 19.3. The van der Waals surface area contributed by atoms with Gasteiger partial charge in [0.15, 0.2) is 23.1 Å². The van der Waals surface area contributed by atoms with Crippen molar-refractivity contribution in [2.75, 3.05) is 22.9 Å². The van der Waals surface area contributed by atoms with E-state index in [1.165, 1.54) is 24.8 Å². The molecule has 0 aliphatic carbocycles. The number of ether oxygens (including phenoxy) is 12. The molecule has 622 valence electrons. The number of hydrogen-bond acceptors (Lipinski definition) is 21. The number of rotatable bonds is 21. The van der Waals surface area contributed by atoms with Crippen molar-refractivity contribution >= 4 is 45.6 Å². The van der Waals surface area contributed by atoms with E-state index in [9.17, 15) is 51.0 Å². The molecular formula is C84H123F3N2O21S. The molecule has 0 spiro atoms. The van der Waals surface area contributed by atoms with E-state index in [1.807, 2.05) is 87.5 Å². The summed E-state index contributed by atoms with van der Waals surface area (Å²) >= 11 is 0. The summed E-state index contributed by atoms with van der Waals surface area (Å²) in [6.07, 6.45) is 22.1. The van der Waals surface area contributed by atoms with Gasteiger partial charge in [0, 0.05) is 102 Å². The first-order chi connectivity index (χ1) is 50.7. The van der Waals surface area contributed by atoms with Gasteiger partial charge in [0.1, 0.15) is 33.8 Å². The van der Waals surface area contributed by atoms with Crippen LogP contribution in [0.3, 0.4) is 0 Å². The topological polar surface area (TPSA) is 269 Å². The third-order valence-electron chi connectivity index (χ3n) is 18.0. The predicted molar refractivity (Wildman–Crippen MR) is 418 cm³/mol. The predicted octanol–water partition coefficient (Wildman–Crippen LogP) is 16.9. The Morgan fingerprint density at radius 3 is 1.20 bits per heavy atom. The molecule has 2 N–H and O–H groups in total. The molecule has 5 aliphatic heterocycles. The Morgan fingerprint density at radius 2 is 0.865 bits per heavy atom. The van der Waals surface area contributed by atoms with Gasteiger partial charge in [0.05, 0.1) is 60.2 Å². The van der Waals surface area contributed by atoms with E-state index in [-0.39, 0.29) is 95.7 Å². The number of allylic oxidation sites excluding steroid dienone is 1. The number of nitrogens with zero attached hydrogens (tertiary/aromatic N) is 2. The summed E-state index contributed by atoms with van der Waals surface area (Å²) in [5.41, 5.74) is -7.05. The number of terminal acetylenes is 2. The molecule has 0 radical (unpaired) electrons. The number of carbonyl (C=O) groups excluding carboxylic acids is 4. The molecule has 111 heavy (non-hydrogen) atoms. The van der Waals surface area contributed by atoms with Crippen LogP contribution in [0.1, 0.15) is 239 Å². The Hall–Kier alpha value is -7.36. The molecule has 5 heterocycles. The lowest BCUT2D eigenvalue weighted by atomic mass is 9.93. The lowest BCUT2D eigenvalue weighted by Gasteiger charge is -2.33. The molecule has 27 heteroatoms. The van der Waals surface area contributed by atoms with Crippen LogP contribution in [0.5, 0.6) is 17.2 Å². The number of alkyl halides is 3. The van der Waals surface area contributed by atoms with Crippen LogP contribution < -0.4 is 23.5 Å².